The first-order valence-electron chi connectivity index (χ1n) is 4.56. The van der Waals surface area contributed by atoms with Crippen molar-refractivity contribution in [1.82, 2.24) is 0 Å². The highest BCUT2D eigenvalue weighted by molar-refractivity contribution is 5.74. The number of hydrogen-bond donors (Lipinski definition) is 1. The minimum Gasteiger partial charge on any atom is -0.469 e. The summed E-state index contributed by atoms with van der Waals surface area (Å²) >= 11 is 0. The maximum Gasteiger partial charge on any atom is 0.309 e. The molecule has 1 aromatic carbocycles. The van der Waals surface area contributed by atoms with E-state index in [0.29, 0.717) is 11.1 Å². The van der Waals surface area contributed by atoms with E-state index in [1.165, 1.54) is 19.2 Å². The Bertz CT molecular complexity index is 443. The minimum absolute atomic E-state index is 0.0505. The lowest BCUT2D eigenvalue weighted by Crippen LogP contribution is -2.07. The molecule has 1 aromatic rings. The highest BCUT2D eigenvalue weighted by Crippen LogP contribution is 2.25. The van der Waals surface area contributed by atoms with E-state index in [9.17, 15) is 14.9 Å². The maximum atomic E-state index is 11.1. The molecule has 0 atom stereocenters. The van der Waals surface area contributed by atoms with Crippen molar-refractivity contribution in [3.63, 3.8) is 0 Å². The molecule has 0 aliphatic heterocycles. The molecule has 2 N–H and O–H groups in total. The molecule has 0 bridgehead atoms. The highest BCUT2D eigenvalue weighted by Gasteiger charge is 2.15. The summed E-state index contributed by atoms with van der Waals surface area (Å²) in [6.45, 7) is 1.69. The molecule has 0 heterocycles. The van der Waals surface area contributed by atoms with Gasteiger partial charge in [0, 0.05) is 6.07 Å². The monoisotopic (exact) mass is 224 g/mol. The van der Waals surface area contributed by atoms with Crippen LogP contribution in [0.2, 0.25) is 0 Å². The largest absolute Gasteiger partial charge is 0.469 e. The van der Waals surface area contributed by atoms with Crippen LogP contribution in [-0.4, -0.2) is 18.0 Å². The molecule has 0 amide bonds. The Morgan fingerprint density at radius 3 is 2.69 bits per heavy atom. The smallest absolute Gasteiger partial charge is 0.309 e. The number of aryl methyl sites for hydroxylation is 1. The van der Waals surface area contributed by atoms with Gasteiger partial charge in [0.05, 0.1) is 18.5 Å². The fourth-order valence-electron chi connectivity index (χ4n) is 1.33. The third-order valence-corrected chi connectivity index (χ3v) is 2.24. The lowest BCUT2D eigenvalue weighted by molar-refractivity contribution is -0.384. The third kappa shape index (κ3) is 2.47. The van der Waals surface area contributed by atoms with E-state index in [0.717, 1.165) is 0 Å². The molecular formula is C10H12N2O4. The van der Waals surface area contributed by atoms with Gasteiger partial charge in [0.2, 0.25) is 0 Å². The van der Waals surface area contributed by atoms with E-state index in [-0.39, 0.29) is 17.8 Å². The van der Waals surface area contributed by atoms with Gasteiger partial charge >= 0.3 is 5.97 Å². The topological polar surface area (TPSA) is 95.5 Å². The number of methoxy groups -OCH3 is 1. The zero-order chi connectivity index (χ0) is 12.3. The summed E-state index contributed by atoms with van der Waals surface area (Å²) in [7, 11) is 1.28. The number of carbonyl (C=O) groups excluding carboxylic acids is 1. The predicted molar refractivity (Wildman–Crippen MR) is 58.0 cm³/mol. The van der Waals surface area contributed by atoms with Gasteiger partial charge < -0.3 is 10.5 Å². The first-order valence-corrected chi connectivity index (χ1v) is 4.56. The third-order valence-electron chi connectivity index (χ3n) is 2.24. The molecule has 0 saturated heterocycles. The van der Waals surface area contributed by atoms with Crippen LogP contribution in [0, 0.1) is 17.0 Å². The van der Waals surface area contributed by atoms with Crippen molar-refractivity contribution in [2.24, 2.45) is 0 Å². The number of benzene rings is 1. The molecule has 0 aliphatic rings. The average molecular weight is 224 g/mol. The van der Waals surface area contributed by atoms with Gasteiger partial charge in [-0.1, -0.05) is 0 Å². The SMILES string of the molecule is COC(=O)Cc1cc(N)c([N+](=O)[O-])cc1C. The lowest BCUT2D eigenvalue weighted by Gasteiger charge is -2.06. The number of ether oxygens (including phenoxy) is 1. The van der Waals surface area contributed by atoms with Crippen molar-refractivity contribution < 1.29 is 14.5 Å². The predicted octanol–water partition coefficient (Wildman–Crippen LogP) is 1.20. The van der Waals surface area contributed by atoms with Crippen molar-refractivity contribution in [1.29, 1.82) is 0 Å². The highest BCUT2D eigenvalue weighted by atomic mass is 16.6. The molecular weight excluding hydrogens is 212 g/mol. The van der Waals surface area contributed by atoms with E-state index >= 15 is 0 Å². The van der Waals surface area contributed by atoms with Gasteiger partial charge in [0.15, 0.2) is 0 Å². The number of nitrogen functional groups attached to an aromatic ring is 1. The van der Waals surface area contributed by atoms with Gasteiger partial charge in [-0.25, -0.2) is 0 Å². The average Bonchev–Trinajstić information content (AvgIpc) is 2.22. The van der Waals surface area contributed by atoms with Gasteiger partial charge in [0.1, 0.15) is 5.69 Å². The van der Waals surface area contributed by atoms with Crippen molar-refractivity contribution >= 4 is 17.3 Å². The Morgan fingerprint density at radius 1 is 1.56 bits per heavy atom. The number of rotatable bonds is 3. The Labute approximate surface area is 92.2 Å². The van der Waals surface area contributed by atoms with Crippen molar-refractivity contribution in [2.75, 3.05) is 12.8 Å². The van der Waals surface area contributed by atoms with Gasteiger partial charge in [0.25, 0.3) is 5.69 Å². The van der Waals surface area contributed by atoms with Crippen LogP contribution in [0.5, 0.6) is 0 Å². The Kier molecular flexibility index (Phi) is 3.44. The Morgan fingerprint density at radius 2 is 2.19 bits per heavy atom. The van der Waals surface area contributed by atoms with Gasteiger partial charge in [-0.2, -0.15) is 0 Å². The number of hydrogen-bond acceptors (Lipinski definition) is 5. The molecule has 6 nitrogen and oxygen atoms in total. The van der Waals surface area contributed by atoms with Gasteiger partial charge in [-0.3, -0.25) is 14.9 Å². The quantitative estimate of drug-likeness (QED) is 0.360. The summed E-state index contributed by atoms with van der Waals surface area (Å²) in [4.78, 5) is 21.1. The molecule has 16 heavy (non-hydrogen) atoms. The molecule has 6 heteroatoms. The first kappa shape index (κ1) is 12.0. The van der Waals surface area contributed by atoms with Crippen molar-refractivity contribution in [3.05, 3.63) is 33.4 Å². The van der Waals surface area contributed by atoms with Crippen LogP contribution in [0.15, 0.2) is 12.1 Å². The fourth-order valence-corrected chi connectivity index (χ4v) is 1.33. The van der Waals surface area contributed by atoms with Crippen LogP contribution < -0.4 is 5.73 Å². The summed E-state index contributed by atoms with van der Waals surface area (Å²) in [5.74, 6) is -0.406. The van der Waals surface area contributed by atoms with Crippen LogP contribution in [0.25, 0.3) is 0 Å². The number of nitrogens with two attached hydrogens (primary N) is 1. The minimum atomic E-state index is -0.551. The Balaban J connectivity index is 3.10. The number of anilines is 1. The lowest BCUT2D eigenvalue weighted by atomic mass is 10.0. The number of nitro groups is 1. The molecule has 0 aromatic heterocycles. The van der Waals surface area contributed by atoms with E-state index in [4.69, 9.17) is 5.73 Å². The molecule has 1 rings (SSSR count). The van der Waals surface area contributed by atoms with Crippen LogP contribution in [0.3, 0.4) is 0 Å². The van der Waals surface area contributed by atoms with E-state index in [1.54, 1.807) is 6.92 Å². The molecule has 0 saturated carbocycles. The van der Waals surface area contributed by atoms with Crippen molar-refractivity contribution in [2.45, 2.75) is 13.3 Å². The van der Waals surface area contributed by atoms with Crippen LogP contribution >= 0.6 is 0 Å². The zero-order valence-electron chi connectivity index (χ0n) is 9.02. The van der Waals surface area contributed by atoms with Gasteiger partial charge in [-0.05, 0) is 24.1 Å². The second-order valence-electron chi connectivity index (χ2n) is 3.35. The molecule has 0 fully saturated rings. The Hall–Kier alpha value is -2.11. The molecule has 86 valence electrons. The van der Waals surface area contributed by atoms with Crippen LogP contribution in [0.4, 0.5) is 11.4 Å². The summed E-state index contributed by atoms with van der Waals surface area (Å²) in [6.07, 6.45) is 0.0600. The molecule has 0 radical (unpaired) electrons. The summed E-state index contributed by atoms with van der Waals surface area (Å²) < 4.78 is 4.51. The zero-order valence-corrected chi connectivity index (χ0v) is 9.02. The maximum absolute atomic E-state index is 11.1. The van der Waals surface area contributed by atoms with Crippen molar-refractivity contribution in [3.8, 4) is 0 Å². The van der Waals surface area contributed by atoms with Crippen LogP contribution in [0.1, 0.15) is 11.1 Å². The number of carbonyl (C=O) groups is 1. The van der Waals surface area contributed by atoms with Gasteiger partial charge in [-0.15, -0.1) is 0 Å². The van der Waals surface area contributed by atoms with E-state index in [1.807, 2.05) is 0 Å². The fraction of sp³-hybridized carbons (Fsp3) is 0.300. The second-order valence-corrected chi connectivity index (χ2v) is 3.35. The van der Waals surface area contributed by atoms with Crippen LogP contribution in [-0.2, 0) is 16.0 Å². The normalized spacial score (nSPS) is 9.88. The number of nitro benzene ring substituents is 1. The first-order chi connectivity index (χ1) is 7.45. The van der Waals surface area contributed by atoms with E-state index in [2.05, 4.69) is 4.74 Å². The summed E-state index contributed by atoms with van der Waals surface area (Å²) in [5.41, 5.74) is 6.70. The van der Waals surface area contributed by atoms with E-state index < -0.39 is 10.9 Å². The second kappa shape index (κ2) is 4.61. The number of esters is 1. The molecule has 0 unspecified atom stereocenters. The standard InChI is InChI=1S/C10H12N2O4/c1-6-3-9(12(14)15)8(11)4-7(6)5-10(13)16-2/h3-4H,5,11H2,1-2H3. The summed E-state index contributed by atoms with van der Waals surface area (Å²) in [5, 5.41) is 10.6. The molecule has 0 aliphatic carbocycles. The molecule has 0 spiro atoms. The number of nitrogens with zero attached hydrogens (tertiary/aromatic N) is 1. The summed E-state index contributed by atoms with van der Waals surface area (Å²) in [6, 6.07) is 2.79.